The number of aliphatic hydroxyl groups excluding tert-OH is 1. The zero-order valence-corrected chi connectivity index (χ0v) is 21.7. The van der Waals surface area contributed by atoms with Crippen molar-refractivity contribution in [2.45, 2.75) is 46.3 Å². The van der Waals surface area contributed by atoms with E-state index in [1.807, 2.05) is 74.5 Å². The highest BCUT2D eigenvalue weighted by Crippen LogP contribution is 2.44. The largest absolute Gasteiger partial charge is 0.507 e. The van der Waals surface area contributed by atoms with Gasteiger partial charge in [0, 0.05) is 36.4 Å². The number of aliphatic hydroxyl groups is 1. The maximum atomic E-state index is 13.5. The van der Waals surface area contributed by atoms with E-state index in [1.54, 1.807) is 6.07 Å². The zero-order chi connectivity index (χ0) is 26.3. The van der Waals surface area contributed by atoms with E-state index in [9.17, 15) is 14.7 Å². The first kappa shape index (κ1) is 24.6. The van der Waals surface area contributed by atoms with Crippen LogP contribution in [-0.2, 0) is 16.0 Å². The van der Waals surface area contributed by atoms with E-state index < -0.39 is 17.7 Å². The summed E-state index contributed by atoms with van der Waals surface area (Å²) in [5, 5.41) is 11.5. The van der Waals surface area contributed by atoms with Crippen LogP contribution in [0.25, 0.3) is 5.76 Å². The third kappa shape index (κ3) is 4.26. The van der Waals surface area contributed by atoms with E-state index in [1.165, 1.54) is 4.90 Å². The van der Waals surface area contributed by atoms with Crippen LogP contribution in [0.3, 0.4) is 0 Å². The van der Waals surface area contributed by atoms with E-state index in [4.69, 9.17) is 4.74 Å². The Kier molecular flexibility index (Phi) is 6.50. The highest BCUT2D eigenvalue weighted by molar-refractivity contribution is 6.51. The fraction of sp³-hybridized carbons (Fsp3) is 0.290. The van der Waals surface area contributed by atoms with Crippen LogP contribution in [0.15, 0.2) is 72.3 Å². The molecule has 1 fully saturated rings. The molecule has 0 saturated carbocycles. The molecule has 1 saturated heterocycles. The number of Topliss-reactive ketones (excluding diaryl/α,β-unsaturated/α-hetero) is 1. The second kappa shape index (κ2) is 9.77. The number of carbonyl (C=O) groups is 2. The molecule has 2 heterocycles. The van der Waals surface area contributed by atoms with Crippen LogP contribution in [0.4, 0.5) is 11.4 Å². The molecule has 2 aliphatic heterocycles. The van der Waals surface area contributed by atoms with Gasteiger partial charge in [0.25, 0.3) is 11.7 Å². The lowest BCUT2D eigenvalue weighted by atomic mass is 9.92. The van der Waals surface area contributed by atoms with E-state index in [2.05, 4.69) is 18.7 Å². The van der Waals surface area contributed by atoms with Gasteiger partial charge in [-0.1, -0.05) is 24.3 Å². The van der Waals surface area contributed by atoms with E-state index in [0.29, 0.717) is 11.3 Å². The molecule has 37 heavy (non-hydrogen) atoms. The molecule has 0 aliphatic carbocycles. The predicted octanol–water partition coefficient (Wildman–Crippen LogP) is 5.79. The van der Waals surface area contributed by atoms with Crippen LogP contribution in [-0.4, -0.2) is 36.0 Å². The molecule has 1 amide bonds. The van der Waals surface area contributed by atoms with Crippen LogP contribution in [0.5, 0.6) is 5.75 Å². The Morgan fingerprint density at radius 3 is 2.41 bits per heavy atom. The van der Waals surface area contributed by atoms with Gasteiger partial charge in [-0.3, -0.25) is 14.5 Å². The molecule has 0 radical (unpaired) electrons. The van der Waals surface area contributed by atoms with Crippen LogP contribution >= 0.6 is 0 Å². The molecule has 1 N–H and O–H groups in total. The van der Waals surface area contributed by atoms with Gasteiger partial charge in [-0.2, -0.15) is 0 Å². The number of fused-ring (bicyclic) bond motifs is 1. The summed E-state index contributed by atoms with van der Waals surface area (Å²) in [7, 11) is 0. The van der Waals surface area contributed by atoms with Gasteiger partial charge in [0.2, 0.25) is 0 Å². The Morgan fingerprint density at radius 2 is 1.73 bits per heavy atom. The Morgan fingerprint density at radius 1 is 1.03 bits per heavy atom. The van der Waals surface area contributed by atoms with Gasteiger partial charge in [0.1, 0.15) is 17.6 Å². The SMILES string of the molecule is CCN(CC)c1ccc(N2C(=O)C(=O)/C(=C(/O)c3ccc4c(c3)CC(C)O4)C2c2ccccc2C)cc1. The normalized spacial score (nSPS) is 20.2. The topological polar surface area (TPSA) is 70.1 Å². The summed E-state index contributed by atoms with van der Waals surface area (Å²) in [6.07, 6.45) is 0.787. The molecule has 0 spiro atoms. The summed E-state index contributed by atoms with van der Waals surface area (Å²) in [5.74, 6) is -0.725. The molecule has 5 rings (SSSR count). The maximum absolute atomic E-state index is 13.5. The van der Waals surface area contributed by atoms with Gasteiger partial charge < -0.3 is 14.7 Å². The number of hydrogen-bond donors (Lipinski definition) is 1. The van der Waals surface area contributed by atoms with E-state index in [-0.39, 0.29) is 17.4 Å². The zero-order valence-electron chi connectivity index (χ0n) is 21.7. The minimum Gasteiger partial charge on any atom is -0.507 e. The third-order valence-corrected chi connectivity index (χ3v) is 7.35. The van der Waals surface area contributed by atoms with Crippen LogP contribution < -0.4 is 14.5 Å². The van der Waals surface area contributed by atoms with Crippen molar-refractivity contribution in [2.75, 3.05) is 22.9 Å². The van der Waals surface area contributed by atoms with Crippen molar-refractivity contribution < 1.29 is 19.4 Å². The van der Waals surface area contributed by atoms with Gasteiger partial charge in [0.05, 0.1) is 11.6 Å². The number of hydrogen-bond acceptors (Lipinski definition) is 5. The lowest BCUT2D eigenvalue weighted by molar-refractivity contribution is -0.132. The number of carbonyl (C=O) groups excluding carboxylic acids is 2. The van der Waals surface area contributed by atoms with Crippen LogP contribution in [0.1, 0.15) is 49.1 Å². The van der Waals surface area contributed by atoms with Gasteiger partial charge in [-0.15, -0.1) is 0 Å². The van der Waals surface area contributed by atoms with Crippen LogP contribution in [0.2, 0.25) is 0 Å². The first-order chi connectivity index (χ1) is 17.8. The number of amides is 1. The van der Waals surface area contributed by atoms with Crippen molar-refractivity contribution in [3.63, 3.8) is 0 Å². The third-order valence-electron chi connectivity index (χ3n) is 7.35. The van der Waals surface area contributed by atoms with Crippen LogP contribution in [0, 0.1) is 6.92 Å². The fourth-order valence-corrected chi connectivity index (χ4v) is 5.42. The quantitative estimate of drug-likeness (QED) is 0.266. The van der Waals surface area contributed by atoms with Gasteiger partial charge in [0.15, 0.2) is 0 Å². The monoisotopic (exact) mass is 496 g/mol. The minimum absolute atomic E-state index is 0.0595. The summed E-state index contributed by atoms with van der Waals surface area (Å²) in [6.45, 7) is 9.88. The Labute approximate surface area is 217 Å². The summed E-state index contributed by atoms with van der Waals surface area (Å²) in [5.41, 5.74) is 4.97. The molecule has 6 nitrogen and oxygen atoms in total. The second-order valence-corrected chi connectivity index (χ2v) is 9.67. The molecular formula is C31H32N2O4. The minimum atomic E-state index is -0.746. The number of aryl methyl sites for hydroxylation is 1. The first-order valence-electron chi connectivity index (χ1n) is 12.9. The first-order valence-corrected chi connectivity index (χ1v) is 12.9. The summed E-state index contributed by atoms with van der Waals surface area (Å²) in [4.78, 5) is 30.8. The number of benzene rings is 3. The van der Waals surface area contributed by atoms with Gasteiger partial charge in [-0.05, 0) is 86.8 Å². The van der Waals surface area contributed by atoms with Gasteiger partial charge in [-0.25, -0.2) is 0 Å². The molecule has 0 aromatic heterocycles. The molecule has 190 valence electrons. The Bertz CT molecular complexity index is 1390. The lowest BCUT2D eigenvalue weighted by Gasteiger charge is -2.27. The van der Waals surface area contributed by atoms with Crippen molar-refractivity contribution in [3.8, 4) is 5.75 Å². The van der Waals surface area contributed by atoms with Crippen molar-refractivity contribution in [1.29, 1.82) is 0 Å². The molecule has 0 bridgehead atoms. The molecule has 3 aromatic rings. The summed E-state index contributed by atoms with van der Waals surface area (Å²) >= 11 is 0. The molecule has 2 atom stereocenters. The smallest absolute Gasteiger partial charge is 0.300 e. The number of nitrogens with zero attached hydrogens (tertiary/aromatic N) is 2. The predicted molar refractivity (Wildman–Crippen MR) is 146 cm³/mol. The summed E-state index contributed by atoms with van der Waals surface area (Å²) < 4.78 is 5.80. The standard InChI is InChI=1S/C31H32N2O4/c1-5-32(6-2)23-12-14-24(15-13-23)33-28(25-10-8-7-9-19(25)3)27(30(35)31(33)36)29(34)21-11-16-26-22(18-21)17-20(4)37-26/h7-16,18,20,28,34H,5-6,17H2,1-4H3/b29-27+. The molecular weight excluding hydrogens is 464 g/mol. The fourth-order valence-electron chi connectivity index (χ4n) is 5.42. The Hall–Kier alpha value is -4.06. The van der Waals surface area contributed by atoms with E-state index >= 15 is 0 Å². The average Bonchev–Trinajstić information content (AvgIpc) is 3.40. The van der Waals surface area contributed by atoms with Gasteiger partial charge >= 0.3 is 0 Å². The Balaban J connectivity index is 1.65. The number of anilines is 2. The summed E-state index contributed by atoms with van der Waals surface area (Å²) in [6, 6.07) is 20.0. The average molecular weight is 497 g/mol. The molecule has 3 aromatic carbocycles. The molecule has 2 aliphatic rings. The molecule has 6 heteroatoms. The van der Waals surface area contributed by atoms with Crippen molar-refractivity contribution >= 4 is 28.8 Å². The number of rotatable bonds is 6. The number of ketones is 1. The van der Waals surface area contributed by atoms with Crippen molar-refractivity contribution in [3.05, 3.63) is 94.6 Å². The maximum Gasteiger partial charge on any atom is 0.300 e. The number of ether oxygens (including phenoxy) is 1. The second-order valence-electron chi connectivity index (χ2n) is 9.67. The van der Waals surface area contributed by atoms with Crippen molar-refractivity contribution in [1.82, 2.24) is 0 Å². The molecule has 2 unspecified atom stereocenters. The van der Waals surface area contributed by atoms with E-state index in [0.717, 1.165) is 47.6 Å². The van der Waals surface area contributed by atoms with Crippen molar-refractivity contribution in [2.24, 2.45) is 0 Å². The highest BCUT2D eigenvalue weighted by atomic mass is 16.5. The lowest BCUT2D eigenvalue weighted by Crippen LogP contribution is -2.30. The highest BCUT2D eigenvalue weighted by Gasteiger charge is 2.47.